The second kappa shape index (κ2) is 15.0. The molecule has 3 fully saturated rings. The average molecular weight is 804 g/mol. The van der Waals surface area contributed by atoms with Gasteiger partial charge in [-0.3, -0.25) is 29.4 Å². The molecule has 4 heterocycles. The summed E-state index contributed by atoms with van der Waals surface area (Å²) in [5.41, 5.74) is 2.61. The molecule has 2 aliphatic heterocycles. The number of nitrogens with zero attached hydrogens (tertiary/aromatic N) is 9. The second-order valence-corrected chi connectivity index (χ2v) is 16.7. The lowest BCUT2D eigenvalue weighted by atomic mass is 9.49. The van der Waals surface area contributed by atoms with Crippen LogP contribution >= 0.6 is 11.6 Å². The number of aromatic nitrogens is 6. The van der Waals surface area contributed by atoms with Gasteiger partial charge in [0.15, 0.2) is 0 Å². The molecule has 16 nitrogen and oxygen atoms in total. The Morgan fingerprint density at radius 2 is 1.67 bits per heavy atom. The minimum atomic E-state index is -0.879. The maximum Gasteiger partial charge on any atom is 0.278 e. The lowest BCUT2D eigenvalue weighted by Crippen LogP contribution is -2.74. The number of hydrogen-bond donors (Lipinski definition) is 2. The molecule has 3 amide bonds. The molecule has 0 spiro atoms. The van der Waals surface area contributed by atoms with Crippen molar-refractivity contribution in [3.05, 3.63) is 99.1 Å². The number of hydrogen-bond acceptors (Lipinski definition) is 12. The van der Waals surface area contributed by atoms with Crippen molar-refractivity contribution in [1.29, 1.82) is 5.26 Å². The fourth-order valence-corrected chi connectivity index (χ4v) is 9.04. The van der Waals surface area contributed by atoms with Crippen LogP contribution in [0.25, 0.3) is 16.6 Å². The van der Waals surface area contributed by atoms with Gasteiger partial charge in [-0.2, -0.15) is 9.94 Å². The van der Waals surface area contributed by atoms with E-state index in [9.17, 15) is 24.4 Å². The van der Waals surface area contributed by atoms with E-state index in [0.29, 0.717) is 39.3 Å². The van der Waals surface area contributed by atoms with Gasteiger partial charge < -0.3 is 15.0 Å². The molecular formula is C41H42ClN11O5. The first-order valence-corrected chi connectivity index (χ1v) is 19.5. The van der Waals surface area contributed by atoms with Gasteiger partial charge in [-0.15, -0.1) is 10.2 Å². The van der Waals surface area contributed by atoms with Crippen LogP contribution in [0.3, 0.4) is 0 Å². The summed E-state index contributed by atoms with van der Waals surface area (Å²) in [4.78, 5) is 55.4. The van der Waals surface area contributed by atoms with Crippen molar-refractivity contribution in [2.75, 3.05) is 31.1 Å². The van der Waals surface area contributed by atoms with Gasteiger partial charge in [0.1, 0.15) is 29.5 Å². The van der Waals surface area contributed by atoms with Crippen molar-refractivity contribution >= 4 is 45.9 Å². The van der Waals surface area contributed by atoms with Crippen molar-refractivity contribution in [2.45, 2.75) is 65.3 Å². The summed E-state index contributed by atoms with van der Waals surface area (Å²) in [6.07, 6.45) is 2.01. The van der Waals surface area contributed by atoms with Crippen LogP contribution < -0.4 is 25.8 Å². The number of imide groups is 1. The van der Waals surface area contributed by atoms with Gasteiger partial charge >= 0.3 is 0 Å². The summed E-state index contributed by atoms with van der Waals surface area (Å²) >= 11 is 6.24. The van der Waals surface area contributed by atoms with Crippen LogP contribution in [0.5, 0.6) is 5.75 Å². The molecule has 1 atom stereocenters. The number of anilines is 1. The molecule has 3 aromatic carbocycles. The van der Waals surface area contributed by atoms with Crippen LogP contribution in [0.15, 0.2) is 71.7 Å². The number of nitriles is 1. The van der Waals surface area contributed by atoms with Crippen LogP contribution in [-0.2, 0) is 16.1 Å². The van der Waals surface area contributed by atoms with E-state index in [2.05, 4.69) is 74.8 Å². The maximum atomic E-state index is 13.5. The lowest BCUT2D eigenvalue weighted by Gasteiger charge is -2.63. The number of rotatable bonds is 9. The Hall–Kier alpha value is -6.18. The summed E-state index contributed by atoms with van der Waals surface area (Å²) in [5, 5.41) is 32.3. The van der Waals surface area contributed by atoms with Gasteiger partial charge in [0.2, 0.25) is 5.91 Å². The summed E-state index contributed by atoms with van der Waals surface area (Å²) in [5.74, 6) is -0.519. The molecule has 298 valence electrons. The number of carbonyl (C=O) groups excluding carboxylic acids is 3. The van der Waals surface area contributed by atoms with E-state index in [1.54, 1.807) is 47.1 Å². The Labute approximate surface area is 338 Å². The Bertz CT molecular complexity index is 2520. The van der Waals surface area contributed by atoms with Crippen LogP contribution in [0.2, 0.25) is 5.02 Å². The normalized spacial score (nSPS) is 21.5. The molecule has 5 aromatic rings. The predicted octanol–water partition coefficient (Wildman–Crippen LogP) is 3.81. The summed E-state index contributed by atoms with van der Waals surface area (Å²) < 4.78 is 9.13. The van der Waals surface area contributed by atoms with E-state index < -0.39 is 17.5 Å². The van der Waals surface area contributed by atoms with E-state index in [4.69, 9.17) is 16.3 Å². The summed E-state index contributed by atoms with van der Waals surface area (Å²) in [7, 11) is 0. The third-order valence-corrected chi connectivity index (χ3v) is 12.0. The highest BCUT2D eigenvalue weighted by atomic mass is 35.5. The van der Waals surface area contributed by atoms with Crippen LogP contribution in [0, 0.1) is 22.2 Å². The van der Waals surface area contributed by atoms with E-state index in [1.807, 2.05) is 24.4 Å². The van der Waals surface area contributed by atoms with Crippen LogP contribution in [0.4, 0.5) is 5.69 Å². The predicted molar refractivity (Wildman–Crippen MR) is 213 cm³/mol. The van der Waals surface area contributed by atoms with E-state index in [1.165, 1.54) is 0 Å². The Morgan fingerprint density at radius 3 is 2.36 bits per heavy atom. The minimum absolute atomic E-state index is 0.134. The molecule has 17 heteroatoms. The smallest absolute Gasteiger partial charge is 0.278 e. The largest absolute Gasteiger partial charge is 0.489 e. The number of piperidine rings is 1. The van der Waals surface area contributed by atoms with Crippen molar-refractivity contribution in [2.24, 2.45) is 10.8 Å². The topological polar surface area (TPSA) is 193 Å². The van der Waals surface area contributed by atoms with Crippen molar-refractivity contribution < 1.29 is 19.1 Å². The molecule has 2 N–H and O–H groups in total. The highest BCUT2D eigenvalue weighted by molar-refractivity contribution is 6.31. The van der Waals surface area contributed by atoms with Gasteiger partial charge in [0, 0.05) is 73.3 Å². The number of halogens is 1. The first-order valence-electron chi connectivity index (χ1n) is 19.1. The zero-order chi connectivity index (χ0) is 40.9. The standard InChI is InChI=1S/C41H42ClN11O5/c1-40(2)38(41(3,4)39(40)58-29-11-7-25(21-43)31(42)20-29)45-35(55)24-5-8-27(9-6-24)52-23-26(46-48-52)22-50-15-17-51(18-16-50)28-10-12-32-30(19-28)37(57)53(49-47-32)33-13-14-34(54)44-36(33)56/h5-12,19-20,23,33,38-39H,13-18,22H2,1-4H3,(H,45,55)(H,44,54,56). The molecular weight excluding hydrogens is 762 g/mol. The van der Waals surface area contributed by atoms with Crippen LogP contribution in [-0.4, -0.2) is 90.9 Å². The number of benzene rings is 3. The lowest BCUT2D eigenvalue weighted by molar-refractivity contribution is -0.164. The van der Waals surface area contributed by atoms with Gasteiger partial charge in [-0.1, -0.05) is 49.7 Å². The molecule has 1 unspecified atom stereocenters. The first-order chi connectivity index (χ1) is 27.7. The van der Waals surface area contributed by atoms with Gasteiger partial charge in [-0.05, 0) is 61.0 Å². The Balaban J connectivity index is 0.853. The zero-order valence-electron chi connectivity index (χ0n) is 32.5. The second-order valence-electron chi connectivity index (χ2n) is 16.3. The van der Waals surface area contributed by atoms with Gasteiger partial charge in [-0.25, -0.2) is 4.68 Å². The molecule has 0 bridgehead atoms. The number of carbonyl (C=O) groups is 3. The van der Waals surface area contributed by atoms with E-state index >= 15 is 0 Å². The molecule has 1 saturated carbocycles. The number of piperazine rings is 1. The van der Waals surface area contributed by atoms with Gasteiger partial charge in [0.25, 0.3) is 17.4 Å². The van der Waals surface area contributed by atoms with Gasteiger partial charge in [0.05, 0.1) is 33.6 Å². The maximum absolute atomic E-state index is 13.5. The molecule has 58 heavy (non-hydrogen) atoms. The molecule has 2 aromatic heterocycles. The molecule has 1 aliphatic carbocycles. The minimum Gasteiger partial charge on any atom is -0.489 e. The third-order valence-electron chi connectivity index (χ3n) is 11.7. The molecule has 3 aliphatic rings. The number of fused-ring (bicyclic) bond motifs is 1. The third kappa shape index (κ3) is 7.16. The SMILES string of the molecule is CC1(C)C(NC(=O)c2ccc(-n3cc(CN4CCN(c5ccc6nnn(C7CCC(=O)NC7=O)c(=O)c6c5)CC4)nn3)cc2)C(C)(C)C1Oc1ccc(C#N)c(Cl)c1. The quantitative estimate of drug-likeness (QED) is 0.205. The van der Waals surface area contributed by atoms with Crippen LogP contribution in [0.1, 0.15) is 68.2 Å². The summed E-state index contributed by atoms with van der Waals surface area (Å²) in [6, 6.07) is 18.8. The number of amides is 3. The number of ether oxygens (including phenoxy) is 1. The Kier molecular flexibility index (Phi) is 9.98. The highest BCUT2D eigenvalue weighted by Crippen LogP contribution is 2.55. The first kappa shape index (κ1) is 38.7. The molecule has 0 radical (unpaired) electrons. The fraction of sp³-hybridized carbons (Fsp3) is 0.390. The van der Waals surface area contributed by atoms with Crippen molar-refractivity contribution in [3.63, 3.8) is 0 Å². The molecule has 8 rings (SSSR count). The van der Waals surface area contributed by atoms with E-state index in [-0.39, 0.29) is 47.6 Å². The average Bonchev–Trinajstić information content (AvgIpc) is 3.68. The highest BCUT2D eigenvalue weighted by Gasteiger charge is 2.64. The fourth-order valence-electron chi connectivity index (χ4n) is 8.83. The number of nitrogens with one attached hydrogen (secondary N) is 2. The molecule has 2 saturated heterocycles. The van der Waals surface area contributed by atoms with Crippen molar-refractivity contribution in [3.8, 4) is 17.5 Å². The zero-order valence-corrected chi connectivity index (χ0v) is 33.2. The Morgan fingerprint density at radius 1 is 0.948 bits per heavy atom. The summed E-state index contributed by atoms with van der Waals surface area (Å²) in [6.45, 7) is 11.8. The monoisotopic (exact) mass is 803 g/mol. The van der Waals surface area contributed by atoms with Crippen molar-refractivity contribution in [1.82, 2.24) is 45.5 Å². The van der Waals surface area contributed by atoms with E-state index in [0.717, 1.165) is 47.9 Å².